The fourth-order valence-corrected chi connectivity index (χ4v) is 1.43. The van der Waals surface area contributed by atoms with Crippen LogP contribution >= 0.6 is 0 Å². The third-order valence-electron chi connectivity index (χ3n) is 2.17. The van der Waals surface area contributed by atoms with E-state index in [4.69, 9.17) is 6.42 Å². The molecule has 0 aromatic rings. The Morgan fingerprint density at radius 3 is 2.92 bits per heavy atom. The second-order valence-electron chi connectivity index (χ2n) is 3.22. The van der Waals surface area contributed by atoms with Crippen molar-refractivity contribution in [2.45, 2.75) is 38.5 Å². The summed E-state index contributed by atoms with van der Waals surface area (Å²) in [7, 11) is 0. The number of hydrogen-bond donors (Lipinski definition) is 0. The lowest BCUT2D eigenvalue weighted by Gasteiger charge is -1.99. The van der Waals surface area contributed by atoms with Gasteiger partial charge >= 0.3 is 0 Å². The van der Waals surface area contributed by atoms with Crippen molar-refractivity contribution in [2.24, 2.45) is 0 Å². The first kappa shape index (κ1) is 9.13. The van der Waals surface area contributed by atoms with Crippen LogP contribution in [0.5, 0.6) is 0 Å². The van der Waals surface area contributed by atoms with Crippen LogP contribution in [0.25, 0.3) is 0 Å². The Hall–Kier alpha value is -0.960. The molecular weight excluding hydrogens is 144 g/mol. The van der Waals surface area contributed by atoms with E-state index in [0.29, 0.717) is 0 Å². The highest BCUT2D eigenvalue weighted by atomic mass is 14.0. The van der Waals surface area contributed by atoms with Gasteiger partial charge in [0.15, 0.2) is 0 Å². The molecule has 64 valence electrons. The average molecular weight is 160 g/mol. The van der Waals surface area contributed by atoms with Gasteiger partial charge in [0.05, 0.1) is 0 Å². The Kier molecular flexibility index (Phi) is 4.31. The lowest BCUT2D eigenvalue weighted by atomic mass is 10.1. The molecule has 0 nitrogen and oxygen atoms in total. The standard InChI is InChI=1S/C12H16/c1-2-3-4-5-6-9-12-10-7-8-11-12/h1,7-8,10H,3-6,9,11H2. The minimum Gasteiger partial charge on any atom is -0.120 e. The molecule has 0 heterocycles. The van der Waals surface area contributed by atoms with Crippen molar-refractivity contribution in [2.75, 3.05) is 0 Å². The lowest BCUT2D eigenvalue weighted by Crippen LogP contribution is -1.80. The topological polar surface area (TPSA) is 0 Å². The molecule has 0 bridgehead atoms. The largest absolute Gasteiger partial charge is 0.120 e. The van der Waals surface area contributed by atoms with Gasteiger partial charge in [0.1, 0.15) is 0 Å². The Labute approximate surface area is 75.4 Å². The fraction of sp³-hybridized carbons (Fsp3) is 0.500. The van der Waals surface area contributed by atoms with Crippen LogP contribution in [0.2, 0.25) is 0 Å². The molecule has 0 radical (unpaired) electrons. The van der Waals surface area contributed by atoms with Crippen molar-refractivity contribution < 1.29 is 0 Å². The van der Waals surface area contributed by atoms with Crippen LogP contribution in [0.1, 0.15) is 38.5 Å². The number of unbranched alkanes of at least 4 members (excludes halogenated alkanes) is 3. The van der Waals surface area contributed by atoms with Gasteiger partial charge in [-0.15, -0.1) is 12.3 Å². The predicted octanol–water partition coefficient (Wildman–Crippen LogP) is 3.46. The SMILES string of the molecule is C#CCCCCCC1=CC=CC1. The molecule has 0 unspecified atom stereocenters. The highest BCUT2D eigenvalue weighted by molar-refractivity contribution is 5.22. The third-order valence-corrected chi connectivity index (χ3v) is 2.17. The van der Waals surface area contributed by atoms with Gasteiger partial charge < -0.3 is 0 Å². The maximum Gasteiger partial charge on any atom is 0.00860 e. The minimum absolute atomic E-state index is 0.942. The summed E-state index contributed by atoms with van der Waals surface area (Å²) >= 11 is 0. The Balaban J connectivity index is 1.93. The molecule has 1 rings (SSSR count). The fourth-order valence-electron chi connectivity index (χ4n) is 1.43. The van der Waals surface area contributed by atoms with Gasteiger partial charge in [-0.25, -0.2) is 0 Å². The van der Waals surface area contributed by atoms with E-state index < -0.39 is 0 Å². The highest BCUT2D eigenvalue weighted by Gasteiger charge is 1.98. The summed E-state index contributed by atoms with van der Waals surface area (Å²) in [6, 6.07) is 0. The van der Waals surface area contributed by atoms with Gasteiger partial charge in [0.25, 0.3) is 0 Å². The van der Waals surface area contributed by atoms with Crippen molar-refractivity contribution >= 4 is 0 Å². The first-order chi connectivity index (χ1) is 5.93. The van der Waals surface area contributed by atoms with Crippen molar-refractivity contribution in [3.8, 4) is 12.3 Å². The maximum absolute atomic E-state index is 5.16. The zero-order valence-electron chi connectivity index (χ0n) is 7.55. The molecule has 0 aromatic carbocycles. The van der Waals surface area contributed by atoms with Gasteiger partial charge in [-0.1, -0.05) is 30.2 Å². The number of hydrogen-bond acceptors (Lipinski definition) is 0. The number of rotatable bonds is 5. The molecule has 0 aromatic heterocycles. The van der Waals surface area contributed by atoms with Crippen LogP contribution in [-0.2, 0) is 0 Å². The molecule has 0 spiro atoms. The zero-order chi connectivity index (χ0) is 8.65. The monoisotopic (exact) mass is 160 g/mol. The molecular formula is C12H16. The summed E-state index contributed by atoms with van der Waals surface area (Å²) in [4.78, 5) is 0. The van der Waals surface area contributed by atoms with Gasteiger partial charge in [0, 0.05) is 6.42 Å². The molecule has 0 heteroatoms. The van der Waals surface area contributed by atoms with Crippen LogP contribution < -0.4 is 0 Å². The molecule has 0 saturated heterocycles. The molecule has 0 aliphatic heterocycles. The van der Waals surface area contributed by atoms with Crippen LogP contribution in [-0.4, -0.2) is 0 Å². The van der Waals surface area contributed by atoms with E-state index in [1.807, 2.05) is 0 Å². The summed E-state index contributed by atoms with van der Waals surface area (Å²) in [5.74, 6) is 2.67. The Morgan fingerprint density at radius 2 is 2.25 bits per heavy atom. The third kappa shape index (κ3) is 3.44. The summed E-state index contributed by atoms with van der Waals surface area (Å²) in [5.41, 5.74) is 1.58. The van der Waals surface area contributed by atoms with Gasteiger partial charge in [-0.2, -0.15) is 0 Å². The molecule has 1 aliphatic rings. The summed E-state index contributed by atoms with van der Waals surface area (Å²) in [6.45, 7) is 0. The Bertz CT molecular complexity index is 213. The van der Waals surface area contributed by atoms with Gasteiger partial charge in [0.2, 0.25) is 0 Å². The van der Waals surface area contributed by atoms with E-state index in [1.54, 1.807) is 5.57 Å². The quantitative estimate of drug-likeness (QED) is 0.427. The maximum atomic E-state index is 5.16. The Morgan fingerprint density at radius 1 is 1.33 bits per heavy atom. The average Bonchev–Trinajstić information content (AvgIpc) is 2.57. The van der Waals surface area contributed by atoms with Crippen molar-refractivity contribution in [1.29, 1.82) is 0 Å². The molecule has 0 amide bonds. The first-order valence-corrected chi connectivity index (χ1v) is 4.71. The summed E-state index contributed by atoms with van der Waals surface area (Å²) in [5, 5.41) is 0. The molecule has 0 atom stereocenters. The molecule has 0 N–H and O–H groups in total. The van der Waals surface area contributed by atoms with Crippen molar-refractivity contribution in [3.05, 3.63) is 23.8 Å². The van der Waals surface area contributed by atoms with Crippen LogP contribution in [0.15, 0.2) is 23.8 Å². The van der Waals surface area contributed by atoms with Crippen LogP contribution in [0, 0.1) is 12.3 Å². The van der Waals surface area contributed by atoms with E-state index in [2.05, 4.69) is 24.1 Å². The molecule has 1 aliphatic carbocycles. The molecule has 12 heavy (non-hydrogen) atoms. The van der Waals surface area contributed by atoms with E-state index >= 15 is 0 Å². The lowest BCUT2D eigenvalue weighted by molar-refractivity contribution is 0.686. The van der Waals surface area contributed by atoms with E-state index in [0.717, 1.165) is 6.42 Å². The first-order valence-electron chi connectivity index (χ1n) is 4.71. The number of terminal acetylenes is 1. The zero-order valence-corrected chi connectivity index (χ0v) is 7.55. The normalized spacial score (nSPS) is 14.4. The highest BCUT2D eigenvalue weighted by Crippen LogP contribution is 2.17. The van der Waals surface area contributed by atoms with Crippen molar-refractivity contribution in [1.82, 2.24) is 0 Å². The van der Waals surface area contributed by atoms with Crippen LogP contribution in [0.3, 0.4) is 0 Å². The van der Waals surface area contributed by atoms with E-state index in [9.17, 15) is 0 Å². The van der Waals surface area contributed by atoms with Gasteiger partial charge in [-0.3, -0.25) is 0 Å². The smallest absolute Gasteiger partial charge is 0.00860 e. The van der Waals surface area contributed by atoms with E-state index in [1.165, 1.54) is 32.1 Å². The number of allylic oxidation sites excluding steroid dienone is 4. The van der Waals surface area contributed by atoms with Crippen LogP contribution in [0.4, 0.5) is 0 Å². The van der Waals surface area contributed by atoms with Crippen molar-refractivity contribution in [3.63, 3.8) is 0 Å². The summed E-state index contributed by atoms with van der Waals surface area (Å²) in [6.07, 6.45) is 18.9. The molecule has 0 saturated carbocycles. The predicted molar refractivity (Wildman–Crippen MR) is 53.8 cm³/mol. The van der Waals surface area contributed by atoms with Gasteiger partial charge in [-0.05, 0) is 25.7 Å². The second kappa shape index (κ2) is 5.66. The second-order valence-corrected chi connectivity index (χ2v) is 3.22. The minimum atomic E-state index is 0.942. The van der Waals surface area contributed by atoms with E-state index in [-0.39, 0.29) is 0 Å². The molecule has 0 fully saturated rings. The summed E-state index contributed by atoms with van der Waals surface area (Å²) < 4.78 is 0.